The van der Waals surface area contributed by atoms with Crippen LogP contribution in [-0.2, 0) is 0 Å². The fourth-order valence-corrected chi connectivity index (χ4v) is 9.55. The van der Waals surface area contributed by atoms with E-state index in [2.05, 4.69) is 0 Å². The Balaban J connectivity index is 1.48. The van der Waals surface area contributed by atoms with Crippen LogP contribution in [0.3, 0.4) is 0 Å². The monoisotopic (exact) mass is 680 g/mol. The molecule has 9 nitrogen and oxygen atoms in total. The molecule has 0 aliphatic heterocycles. The van der Waals surface area contributed by atoms with E-state index in [9.17, 15) is 46.0 Å². The Kier molecular flexibility index (Phi) is 6.45. The van der Waals surface area contributed by atoms with Gasteiger partial charge in [-0.05, 0) is 93.5 Å². The van der Waals surface area contributed by atoms with Crippen molar-refractivity contribution in [2.75, 3.05) is 0 Å². The van der Waals surface area contributed by atoms with Crippen LogP contribution in [0.25, 0.3) is 0 Å². The SMILES string of the molecule is Oc1ccc([C@@H]2c3cc(O)ccc3[C@@H]3c4c(O)cc(O)cc4[C@@H]2c2c(O)cc(O)c4c2[C@@H]3[C@@H](c2ccc(O)cc2)[C@@H]4c2cc(O)cc(O)c2)cc1. The Morgan fingerprint density at radius 3 is 1.45 bits per heavy atom. The van der Waals surface area contributed by atoms with E-state index in [4.69, 9.17) is 0 Å². The van der Waals surface area contributed by atoms with E-state index >= 15 is 0 Å². The minimum Gasteiger partial charge on any atom is -0.508 e. The van der Waals surface area contributed by atoms with Crippen molar-refractivity contribution in [2.45, 2.75) is 35.5 Å². The highest BCUT2D eigenvalue weighted by Crippen LogP contribution is 2.71. The van der Waals surface area contributed by atoms with Crippen molar-refractivity contribution in [2.24, 2.45) is 0 Å². The number of fused-ring (bicyclic) bond motifs is 4. The molecule has 0 unspecified atom stereocenters. The first-order valence-electron chi connectivity index (χ1n) is 16.6. The zero-order valence-corrected chi connectivity index (χ0v) is 26.8. The van der Waals surface area contributed by atoms with Crippen LogP contribution in [0.5, 0.6) is 51.7 Å². The van der Waals surface area contributed by atoms with Gasteiger partial charge in [-0.1, -0.05) is 30.3 Å². The number of benzene rings is 6. The molecule has 0 saturated carbocycles. The third-order valence-corrected chi connectivity index (χ3v) is 11.2. The summed E-state index contributed by atoms with van der Waals surface area (Å²) in [6.45, 7) is 0. The van der Waals surface area contributed by atoms with Crippen LogP contribution < -0.4 is 0 Å². The van der Waals surface area contributed by atoms with Gasteiger partial charge in [0.25, 0.3) is 0 Å². The van der Waals surface area contributed by atoms with E-state index in [1.165, 1.54) is 30.3 Å². The van der Waals surface area contributed by atoms with Gasteiger partial charge in [-0.25, -0.2) is 0 Å². The first kappa shape index (κ1) is 30.6. The molecule has 2 bridgehead atoms. The molecule has 0 spiro atoms. The molecule has 254 valence electrons. The lowest BCUT2D eigenvalue weighted by Crippen LogP contribution is -2.22. The van der Waals surface area contributed by atoms with Crippen LogP contribution >= 0.6 is 0 Å². The molecule has 9 rings (SSSR count). The molecule has 3 aliphatic rings. The third-order valence-electron chi connectivity index (χ3n) is 11.2. The summed E-state index contributed by atoms with van der Waals surface area (Å²) in [5.41, 5.74) is 5.99. The Labute approximate surface area is 291 Å². The van der Waals surface area contributed by atoms with Gasteiger partial charge in [0.1, 0.15) is 51.7 Å². The fraction of sp³-hybridized carbons (Fsp3) is 0.143. The summed E-state index contributed by atoms with van der Waals surface area (Å²) in [5.74, 6) is -5.11. The number of hydrogen-bond acceptors (Lipinski definition) is 9. The van der Waals surface area contributed by atoms with Crippen molar-refractivity contribution in [3.8, 4) is 51.7 Å². The summed E-state index contributed by atoms with van der Waals surface area (Å²) >= 11 is 0. The summed E-state index contributed by atoms with van der Waals surface area (Å²) in [4.78, 5) is 0. The Morgan fingerprint density at radius 1 is 0.275 bits per heavy atom. The summed E-state index contributed by atoms with van der Waals surface area (Å²) < 4.78 is 0. The lowest BCUT2D eigenvalue weighted by Gasteiger charge is -2.36. The van der Waals surface area contributed by atoms with Crippen LogP contribution in [0.1, 0.15) is 91.1 Å². The molecule has 51 heavy (non-hydrogen) atoms. The van der Waals surface area contributed by atoms with Crippen LogP contribution in [0, 0.1) is 0 Å². The molecule has 0 fully saturated rings. The van der Waals surface area contributed by atoms with Crippen molar-refractivity contribution >= 4 is 0 Å². The Hall–Kier alpha value is -6.48. The molecule has 0 aromatic heterocycles. The standard InChI is InChI=1S/C42H32O9/c43-21-5-1-18(2-6-21)33-28-14-23(45)9-10-27(28)37-36-29(15-26(48)16-30(36)49)38(33)40-32(51)17-31(50)39-35(20-11-24(46)13-25(47)12-20)34(41(37)42(39)40)19-3-7-22(44)8-4-19/h1-17,33-35,37-38,41,43-51H/t33-,34+,35+,37-,38+,41-/m1/s1. The van der Waals surface area contributed by atoms with E-state index < -0.39 is 35.5 Å². The lowest BCUT2D eigenvalue weighted by molar-refractivity contribution is 0.427. The zero-order valence-electron chi connectivity index (χ0n) is 26.8. The maximum atomic E-state index is 12.1. The quantitative estimate of drug-likeness (QED) is 0.0916. The average Bonchev–Trinajstić information content (AvgIpc) is 3.29. The normalized spacial score (nSPS) is 22.4. The number of phenols is 9. The van der Waals surface area contributed by atoms with Gasteiger partial charge in [-0.2, -0.15) is 0 Å². The van der Waals surface area contributed by atoms with Gasteiger partial charge >= 0.3 is 0 Å². The van der Waals surface area contributed by atoms with E-state index in [1.54, 1.807) is 66.7 Å². The molecule has 3 aliphatic carbocycles. The van der Waals surface area contributed by atoms with Crippen molar-refractivity contribution in [1.29, 1.82) is 0 Å². The van der Waals surface area contributed by atoms with Gasteiger partial charge in [0.15, 0.2) is 0 Å². The molecule has 0 amide bonds. The summed E-state index contributed by atoms with van der Waals surface area (Å²) in [6, 6.07) is 26.8. The third kappa shape index (κ3) is 4.40. The average molecular weight is 681 g/mol. The second-order valence-corrected chi connectivity index (χ2v) is 13.9. The van der Waals surface area contributed by atoms with Gasteiger partial charge in [0.05, 0.1) is 0 Å². The van der Waals surface area contributed by atoms with E-state index in [0.29, 0.717) is 38.9 Å². The van der Waals surface area contributed by atoms with Crippen molar-refractivity contribution < 1.29 is 46.0 Å². The minimum atomic E-state index is -0.802. The van der Waals surface area contributed by atoms with E-state index in [-0.39, 0.29) is 51.7 Å². The summed E-state index contributed by atoms with van der Waals surface area (Å²) in [6.07, 6.45) is 0. The van der Waals surface area contributed by atoms with Crippen LogP contribution in [0.2, 0.25) is 0 Å². The maximum absolute atomic E-state index is 12.1. The number of rotatable bonds is 3. The maximum Gasteiger partial charge on any atom is 0.123 e. The second kappa shape index (κ2) is 10.8. The highest BCUT2D eigenvalue weighted by Gasteiger charge is 2.56. The molecular weight excluding hydrogens is 648 g/mol. The molecule has 6 atom stereocenters. The van der Waals surface area contributed by atoms with Gasteiger partial charge in [-0.15, -0.1) is 0 Å². The molecule has 9 N–H and O–H groups in total. The van der Waals surface area contributed by atoms with Crippen LogP contribution in [-0.4, -0.2) is 46.0 Å². The fourth-order valence-electron chi connectivity index (χ4n) is 9.55. The van der Waals surface area contributed by atoms with Crippen molar-refractivity contribution in [3.05, 3.63) is 159 Å². The van der Waals surface area contributed by atoms with Gasteiger partial charge in [-0.3, -0.25) is 0 Å². The first-order valence-corrected chi connectivity index (χ1v) is 16.6. The first-order chi connectivity index (χ1) is 24.5. The highest BCUT2D eigenvalue weighted by molar-refractivity contribution is 5.74. The largest absolute Gasteiger partial charge is 0.508 e. The minimum absolute atomic E-state index is 0.000846. The number of aromatic hydroxyl groups is 9. The van der Waals surface area contributed by atoms with Crippen LogP contribution in [0.15, 0.2) is 103 Å². The number of phenolic OH excluding ortho intramolecular Hbond substituents is 9. The summed E-state index contributed by atoms with van der Waals surface area (Å²) in [5, 5.41) is 100.0. The zero-order chi connectivity index (χ0) is 35.5. The second-order valence-electron chi connectivity index (χ2n) is 13.9. The van der Waals surface area contributed by atoms with Crippen molar-refractivity contribution in [3.63, 3.8) is 0 Å². The summed E-state index contributed by atoms with van der Waals surface area (Å²) in [7, 11) is 0. The smallest absolute Gasteiger partial charge is 0.123 e. The number of hydrogen-bond donors (Lipinski definition) is 9. The molecule has 6 aromatic rings. The van der Waals surface area contributed by atoms with Crippen LogP contribution in [0.4, 0.5) is 0 Å². The predicted molar refractivity (Wildman–Crippen MR) is 186 cm³/mol. The Bertz CT molecular complexity index is 2380. The van der Waals surface area contributed by atoms with Gasteiger partial charge in [0.2, 0.25) is 0 Å². The topological polar surface area (TPSA) is 182 Å². The highest BCUT2D eigenvalue weighted by atomic mass is 16.3. The molecule has 0 heterocycles. The molecular formula is C42H32O9. The van der Waals surface area contributed by atoms with Gasteiger partial charge in [0, 0.05) is 70.4 Å². The lowest BCUT2D eigenvalue weighted by atomic mass is 9.66. The van der Waals surface area contributed by atoms with E-state index in [0.717, 1.165) is 16.7 Å². The molecule has 6 aromatic carbocycles. The van der Waals surface area contributed by atoms with E-state index in [1.807, 2.05) is 6.07 Å². The predicted octanol–water partition coefficient (Wildman–Crippen LogP) is 7.47. The Morgan fingerprint density at radius 2 is 0.804 bits per heavy atom. The molecule has 9 heteroatoms. The van der Waals surface area contributed by atoms with Gasteiger partial charge < -0.3 is 46.0 Å². The molecule has 0 saturated heterocycles. The molecule has 0 radical (unpaired) electrons. The van der Waals surface area contributed by atoms with Crippen molar-refractivity contribution in [1.82, 2.24) is 0 Å².